The zero-order valence-corrected chi connectivity index (χ0v) is 12.2. The number of nitrogens with one attached hydrogen (secondary N) is 2. The van der Waals surface area contributed by atoms with Crippen LogP contribution in [0.5, 0.6) is 0 Å². The summed E-state index contributed by atoms with van der Waals surface area (Å²) in [5.74, 6) is 1.61. The van der Waals surface area contributed by atoms with Crippen LogP contribution in [0.25, 0.3) is 0 Å². The van der Waals surface area contributed by atoms with Gasteiger partial charge in [0.05, 0.1) is 6.04 Å². The smallest absolute Gasteiger partial charge is 0.240 e. The molecular formula is C15H25N3O2. The molecule has 1 aliphatic carbocycles. The van der Waals surface area contributed by atoms with Gasteiger partial charge >= 0.3 is 0 Å². The van der Waals surface area contributed by atoms with E-state index < -0.39 is 0 Å². The van der Waals surface area contributed by atoms with E-state index in [0.717, 1.165) is 38.4 Å². The van der Waals surface area contributed by atoms with Crippen LogP contribution in [0.3, 0.4) is 0 Å². The van der Waals surface area contributed by atoms with E-state index in [9.17, 15) is 9.59 Å². The van der Waals surface area contributed by atoms with Crippen LogP contribution in [-0.4, -0.2) is 48.4 Å². The standard InChI is InChI=1S/C15H25N3O2/c1-10(19)17-12-5-7-18(8-6-12)15(20)14-13-4-2-3-11(13)9-16-14/h11-14,16H,2-9H2,1H3,(H,17,19). The van der Waals surface area contributed by atoms with Crippen LogP contribution >= 0.6 is 0 Å². The molecular weight excluding hydrogens is 254 g/mol. The van der Waals surface area contributed by atoms with Gasteiger partial charge in [0.2, 0.25) is 11.8 Å². The van der Waals surface area contributed by atoms with Crippen LogP contribution in [0.1, 0.15) is 39.0 Å². The van der Waals surface area contributed by atoms with E-state index in [2.05, 4.69) is 10.6 Å². The third kappa shape index (κ3) is 2.68. The molecule has 3 atom stereocenters. The number of nitrogens with zero attached hydrogens (tertiary/aromatic N) is 1. The zero-order valence-electron chi connectivity index (χ0n) is 12.2. The number of rotatable bonds is 2. The van der Waals surface area contributed by atoms with Crippen LogP contribution in [-0.2, 0) is 9.59 Å². The fourth-order valence-electron chi connectivity index (χ4n) is 4.19. The number of hydrogen-bond donors (Lipinski definition) is 2. The molecule has 3 unspecified atom stereocenters. The largest absolute Gasteiger partial charge is 0.353 e. The summed E-state index contributed by atoms with van der Waals surface area (Å²) in [7, 11) is 0. The van der Waals surface area contributed by atoms with E-state index in [0.29, 0.717) is 11.8 Å². The molecule has 0 aromatic carbocycles. The van der Waals surface area contributed by atoms with Gasteiger partial charge in [0.1, 0.15) is 0 Å². The minimum Gasteiger partial charge on any atom is -0.353 e. The topological polar surface area (TPSA) is 61.4 Å². The van der Waals surface area contributed by atoms with Gasteiger partial charge in [-0.25, -0.2) is 0 Å². The summed E-state index contributed by atoms with van der Waals surface area (Å²) in [5, 5.41) is 6.39. The van der Waals surface area contributed by atoms with E-state index in [1.54, 1.807) is 6.92 Å². The van der Waals surface area contributed by atoms with Crippen molar-refractivity contribution in [3.8, 4) is 0 Å². The van der Waals surface area contributed by atoms with Crippen LogP contribution < -0.4 is 10.6 Å². The van der Waals surface area contributed by atoms with Crippen molar-refractivity contribution in [2.45, 2.75) is 51.1 Å². The van der Waals surface area contributed by atoms with E-state index in [1.165, 1.54) is 19.3 Å². The Kier molecular flexibility index (Phi) is 3.96. The highest BCUT2D eigenvalue weighted by molar-refractivity contribution is 5.83. The van der Waals surface area contributed by atoms with Gasteiger partial charge in [-0.1, -0.05) is 6.42 Å². The number of piperidine rings is 1. The van der Waals surface area contributed by atoms with Crippen LogP contribution in [0, 0.1) is 11.8 Å². The molecule has 2 N–H and O–H groups in total. The molecule has 3 rings (SSSR count). The Hall–Kier alpha value is -1.10. The molecule has 5 heteroatoms. The molecule has 20 heavy (non-hydrogen) atoms. The second kappa shape index (κ2) is 5.72. The van der Waals surface area contributed by atoms with Crippen molar-refractivity contribution in [3.05, 3.63) is 0 Å². The molecule has 2 heterocycles. The van der Waals surface area contributed by atoms with Gasteiger partial charge < -0.3 is 15.5 Å². The Bertz CT molecular complexity index is 391. The Morgan fingerprint density at radius 1 is 1.15 bits per heavy atom. The summed E-state index contributed by atoms with van der Waals surface area (Å²) in [6, 6.07) is 0.298. The van der Waals surface area contributed by atoms with Crippen LogP contribution in [0.15, 0.2) is 0 Å². The van der Waals surface area contributed by atoms with E-state index in [-0.39, 0.29) is 18.0 Å². The maximum Gasteiger partial charge on any atom is 0.240 e. The first kappa shape index (κ1) is 13.9. The summed E-state index contributed by atoms with van der Waals surface area (Å²) < 4.78 is 0. The third-order valence-electron chi connectivity index (χ3n) is 5.23. The van der Waals surface area contributed by atoms with E-state index >= 15 is 0 Å². The molecule has 2 saturated heterocycles. The van der Waals surface area contributed by atoms with Crippen molar-refractivity contribution >= 4 is 11.8 Å². The van der Waals surface area contributed by atoms with Crippen molar-refractivity contribution in [1.82, 2.24) is 15.5 Å². The summed E-state index contributed by atoms with van der Waals surface area (Å²) in [4.78, 5) is 25.7. The molecule has 112 valence electrons. The highest BCUT2D eigenvalue weighted by atomic mass is 16.2. The number of hydrogen-bond acceptors (Lipinski definition) is 3. The average Bonchev–Trinajstić information content (AvgIpc) is 3.00. The van der Waals surface area contributed by atoms with Gasteiger partial charge in [-0.2, -0.15) is 0 Å². The van der Waals surface area contributed by atoms with Crippen LogP contribution in [0.2, 0.25) is 0 Å². The summed E-state index contributed by atoms with van der Waals surface area (Å²) >= 11 is 0. The van der Waals surface area contributed by atoms with Crippen molar-refractivity contribution in [2.24, 2.45) is 11.8 Å². The Balaban J connectivity index is 1.53. The highest BCUT2D eigenvalue weighted by Crippen LogP contribution is 2.38. The van der Waals surface area contributed by atoms with Gasteiger partial charge in [-0.3, -0.25) is 9.59 Å². The van der Waals surface area contributed by atoms with Gasteiger partial charge in [0.15, 0.2) is 0 Å². The average molecular weight is 279 g/mol. The Labute approximate surface area is 120 Å². The second-order valence-electron chi connectivity index (χ2n) is 6.54. The number of carbonyl (C=O) groups is 2. The number of fused-ring (bicyclic) bond motifs is 1. The van der Waals surface area contributed by atoms with Gasteiger partial charge in [0, 0.05) is 26.1 Å². The molecule has 2 amide bonds. The van der Waals surface area contributed by atoms with Gasteiger partial charge in [0.25, 0.3) is 0 Å². The minimum atomic E-state index is 0.0287. The first-order valence-corrected chi connectivity index (χ1v) is 7.94. The number of carbonyl (C=O) groups excluding carboxylic acids is 2. The minimum absolute atomic E-state index is 0.0287. The highest BCUT2D eigenvalue weighted by Gasteiger charge is 2.44. The summed E-state index contributed by atoms with van der Waals surface area (Å²) in [6.07, 6.45) is 5.53. The summed E-state index contributed by atoms with van der Waals surface area (Å²) in [6.45, 7) is 4.13. The maximum atomic E-state index is 12.6. The molecule has 1 saturated carbocycles. The van der Waals surface area contributed by atoms with E-state index in [1.807, 2.05) is 4.90 Å². The van der Waals surface area contributed by atoms with Crippen molar-refractivity contribution in [1.29, 1.82) is 0 Å². The normalized spacial score (nSPS) is 34.0. The monoisotopic (exact) mass is 279 g/mol. The van der Waals surface area contributed by atoms with Gasteiger partial charge in [-0.15, -0.1) is 0 Å². The third-order valence-corrected chi connectivity index (χ3v) is 5.23. The predicted octanol–water partition coefficient (Wildman–Crippen LogP) is 0.502. The van der Waals surface area contributed by atoms with Crippen molar-refractivity contribution < 1.29 is 9.59 Å². The molecule has 0 bridgehead atoms. The molecule has 0 aromatic heterocycles. The number of likely N-dealkylation sites (tertiary alicyclic amines) is 1. The SMILES string of the molecule is CC(=O)NC1CCN(C(=O)C2NCC3CCCC32)CC1. The summed E-state index contributed by atoms with van der Waals surface area (Å²) in [5.41, 5.74) is 0. The molecule has 0 aromatic rings. The first-order chi connectivity index (χ1) is 9.65. The lowest BCUT2D eigenvalue weighted by molar-refractivity contribution is -0.135. The maximum absolute atomic E-state index is 12.6. The molecule has 2 aliphatic heterocycles. The van der Waals surface area contributed by atoms with Crippen molar-refractivity contribution in [3.63, 3.8) is 0 Å². The van der Waals surface area contributed by atoms with E-state index in [4.69, 9.17) is 0 Å². The lowest BCUT2D eigenvalue weighted by Gasteiger charge is -2.34. The Morgan fingerprint density at radius 2 is 1.90 bits per heavy atom. The lowest BCUT2D eigenvalue weighted by atomic mass is 9.92. The molecule has 0 spiro atoms. The molecule has 3 aliphatic rings. The fourth-order valence-corrected chi connectivity index (χ4v) is 4.19. The van der Waals surface area contributed by atoms with Gasteiger partial charge in [-0.05, 0) is 44.1 Å². The molecule has 0 radical (unpaired) electrons. The first-order valence-electron chi connectivity index (χ1n) is 7.94. The molecule has 5 nitrogen and oxygen atoms in total. The zero-order chi connectivity index (χ0) is 14.1. The molecule has 3 fully saturated rings. The Morgan fingerprint density at radius 3 is 2.60 bits per heavy atom. The second-order valence-corrected chi connectivity index (χ2v) is 6.54. The fraction of sp³-hybridized carbons (Fsp3) is 0.867. The van der Waals surface area contributed by atoms with Crippen molar-refractivity contribution in [2.75, 3.05) is 19.6 Å². The lowest BCUT2D eigenvalue weighted by Crippen LogP contribution is -2.52. The number of amides is 2. The van der Waals surface area contributed by atoms with Crippen LogP contribution in [0.4, 0.5) is 0 Å². The predicted molar refractivity (Wildman–Crippen MR) is 76.0 cm³/mol. The quantitative estimate of drug-likeness (QED) is 0.774.